The Bertz CT molecular complexity index is 570. The first-order chi connectivity index (χ1) is 8.70. The van der Waals surface area contributed by atoms with Gasteiger partial charge in [-0.1, -0.05) is 0 Å². The van der Waals surface area contributed by atoms with Gasteiger partial charge in [-0.15, -0.1) is 0 Å². The summed E-state index contributed by atoms with van der Waals surface area (Å²) in [7, 11) is 0. The predicted molar refractivity (Wildman–Crippen MR) is 63.6 cm³/mol. The average molecular weight is 250 g/mol. The van der Waals surface area contributed by atoms with Gasteiger partial charge in [0, 0.05) is 12.6 Å². The van der Waals surface area contributed by atoms with Crippen LogP contribution in [0.4, 0.5) is 5.82 Å². The Balaban J connectivity index is 2.02. The van der Waals surface area contributed by atoms with Crippen LogP contribution in [-0.4, -0.2) is 43.6 Å². The highest BCUT2D eigenvalue weighted by atomic mass is 16.5. The molecule has 1 fully saturated rings. The van der Waals surface area contributed by atoms with Crippen molar-refractivity contribution in [3.8, 4) is 0 Å². The lowest BCUT2D eigenvalue weighted by molar-refractivity contribution is -0.0484. The van der Waals surface area contributed by atoms with Crippen LogP contribution in [0.1, 0.15) is 12.6 Å². The zero-order valence-corrected chi connectivity index (χ0v) is 9.60. The number of hydrogen-bond donors (Lipinski definition) is 3. The Hall–Kier alpha value is -1.70. The third-order valence-corrected chi connectivity index (χ3v) is 3.18. The van der Waals surface area contributed by atoms with Crippen molar-refractivity contribution in [2.24, 2.45) is 0 Å². The van der Waals surface area contributed by atoms with Crippen LogP contribution in [0.3, 0.4) is 0 Å². The van der Waals surface area contributed by atoms with Gasteiger partial charge in [0.1, 0.15) is 23.9 Å². The molecule has 4 N–H and O–H groups in total. The Morgan fingerprint density at radius 2 is 2.33 bits per heavy atom. The van der Waals surface area contributed by atoms with Gasteiger partial charge >= 0.3 is 0 Å². The van der Waals surface area contributed by atoms with Crippen molar-refractivity contribution >= 4 is 16.9 Å². The molecule has 96 valence electrons. The molecule has 3 atom stereocenters. The van der Waals surface area contributed by atoms with Crippen molar-refractivity contribution in [2.75, 3.05) is 12.3 Å². The summed E-state index contributed by atoms with van der Waals surface area (Å²) in [5.74, 6) is 0.393. The number of nitrogens with zero attached hydrogens (tertiary/aromatic N) is 3. The fourth-order valence-electron chi connectivity index (χ4n) is 2.29. The summed E-state index contributed by atoms with van der Waals surface area (Å²) in [4.78, 5) is 8.06. The molecule has 0 unspecified atom stereocenters. The third kappa shape index (κ3) is 1.64. The molecule has 1 aliphatic rings. The van der Waals surface area contributed by atoms with Gasteiger partial charge in [0.2, 0.25) is 0 Å². The van der Waals surface area contributed by atoms with Crippen LogP contribution in [0.2, 0.25) is 0 Å². The maximum atomic E-state index is 9.96. The Morgan fingerprint density at radius 3 is 3.06 bits per heavy atom. The SMILES string of the molecule is Nc1ncnc2c1ccn2[C@@H]1O[C@H](CO)C[C@H]1O. The van der Waals surface area contributed by atoms with E-state index in [1.54, 1.807) is 16.8 Å². The highest BCUT2D eigenvalue weighted by molar-refractivity contribution is 5.86. The zero-order chi connectivity index (χ0) is 12.7. The van der Waals surface area contributed by atoms with Gasteiger partial charge in [0.05, 0.1) is 18.1 Å². The van der Waals surface area contributed by atoms with Crippen LogP contribution in [0.15, 0.2) is 18.6 Å². The molecule has 0 saturated carbocycles. The lowest BCUT2D eigenvalue weighted by Crippen LogP contribution is -2.19. The summed E-state index contributed by atoms with van der Waals surface area (Å²) in [5.41, 5.74) is 6.36. The molecule has 0 amide bonds. The number of rotatable bonds is 2. The van der Waals surface area contributed by atoms with Crippen molar-refractivity contribution in [3.63, 3.8) is 0 Å². The first-order valence-electron chi connectivity index (χ1n) is 5.72. The van der Waals surface area contributed by atoms with Crippen LogP contribution in [0.5, 0.6) is 0 Å². The second-order valence-electron chi connectivity index (χ2n) is 4.35. The van der Waals surface area contributed by atoms with Gasteiger partial charge < -0.3 is 25.3 Å². The molecule has 0 bridgehead atoms. The average Bonchev–Trinajstić information content (AvgIpc) is 2.93. The standard InChI is InChI=1S/C11H14N4O3/c12-9-7-1-2-15(10(7)14-5-13-9)11-8(17)3-6(4-16)18-11/h1-2,5-6,8,11,16-17H,3-4H2,(H2,12,13,14)/t6-,8+,11+/m0/s1. The lowest BCUT2D eigenvalue weighted by atomic mass is 10.2. The molecular formula is C11H14N4O3. The summed E-state index contributed by atoms with van der Waals surface area (Å²) < 4.78 is 7.29. The molecular weight excluding hydrogens is 236 g/mol. The minimum Gasteiger partial charge on any atom is -0.394 e. The Labute approximate surface area is 103 Å². The number of aliphatic hydroxyl groups excluding tert-OH is 2. The van der Waals surface area contributed by atoms with Crippen LogP contribution in [-0.2, 0) is 4.74 Å². The number of nitrogen functional groups attached to an aromatic ring is 1. The smallest absolute Gasteiger partial charge is 0.161 e. The van der Waals surface area contributed by atoms with Crippen molar-refractivity contribution in [1.29, 1.82) is 0 Å². The molecule has 1 aliphatic heterocycles. The molecule has 0 aromatic carbocycles. The van der Waals surface area contributed by atoms with Crippen molar-refractivity contribution in [2.45, 2.75) is 24.9 Å². The number of ether oxygens (including phenoxy) is 1. The number of anilines is 1. The lowest BCUT2D eigenvalue weighted by Gasteiger charge is -2.17. The summed E-state index contributed by atoms with van der Waals surface area (Å²) in [5, 5.41) is 19.7. The molecule has 2 aromatic rings. The van der Waals surface area contributed by atoms with Gasteiger partial charge in [-0.05, 0) is 6.07 Å². The van der Waals surface area contributed by atoms with Gasteiger partial charge in [0.25, 0.3) is 0 Å². The predicted octanol–water partition coefficient (Wildman–Crippen LogP) is -0.346. The van der Waals surface area contributed by atoms with Crippen molar-refractivity contribution in [1.82, 2.24) is 14.5 Å². The molecule has 7 nitrogen and oxygen atoms in total. The topological polar surface area (TPSA) is 106 Å². The summed E-state index contributed by atoms with van der Waals surface area (Å²) in [6, 6.07) is 1.78. The van der Waals surface area contributed by atoms with Gasteiger partial charge in [-0.2, -0.15) is 0 Å². The number of fused-ring (bicyclic) bond motifs is 1. The number of nitrogens with two attached hydrogens (primary N) is 1. The molecule has 0 radical (unpaired) electrons. The minimum atomic E-state index is -0.672. The highest BCUT2D eigenvalue weighted by Gasteiger charge is 2.35. The molecule has 2 aromatic heterocycles. The minimum absolute atomic E-state index is 0.107. The van der Waals surface area contributed by atoms with E-state index in [1.807, 2.05) is 0 Å². The second kappa shape index (κ2) is 4.20. The second-order valence-corrected chi connectivity index (χ2v) is 4.35. The Kier molecular flexibility index (Phi) is 2.66. The zero-order valence-electron chi connectivity index (χ0n) is 9.60. The monoisotopic (exact) mass is 250 g/mol. The summed E-state index contributed by atoms with van der Waals surface area (Å²) >= 11 is 0. The third-order valence-electron chi connectivity index (χ3n) is 3.18. The van der Waals surface area contributed by atoms with E-state index in [2.05, 4.69) is 9.97 Å². The number of hydrogen-bond acceptors (Lipinski definition) is 6. The maximum Gasteiger partial charge on any atom is 0.161 e. The molecule has 1 saturated heterocycles. The van der Waals surface area contributed by atoms with Gasteiger partial charge in [0.15, 0.2) is 6.23 Å². The number of aliphatic hydroxyl groups is 2. The Morgan fingerprint density at radius 1 is 1.50 bits per heavy atom. The van der Waals surface area contributed by atoms with Crippen molar-refractivity contribution < 1.29 is 14.9 Å². The summed E-state index contributed by atoms with van der Waals surface area (Å²) in [6.45, 7) is -0.107. The molecule has 0 spiro atoms. The molecule has 3 rings (SSSR count). The van der Waals surface area contributed by atoms with E-state index in [0.29, 0.717) is 17.9 Å². The van der Waals surface area contributed by atoms with E-state index in [0.717, 1.165) is 5.39 Å². The fraction of sp³-hybridized carbons (Fsp3) is 0.455. The normalized spacial score (nSPS) is 28.0. The van der Waals surface area contributed by atoms with E-state index in [4.69, 9.17) is 15.6 Å². The first kappa shape index (κ1) is 11.4. The van der Waals surface area contributed by atoms with Crippen LogP contribution >= 0.6 is 0 Å². The van der Waals surface area contributed by atoms with Crippen LogP contribution in [0.25, 0.3) is 11.0 Å². The van der Waals surface area contributed by atoms with Crippen molar-refractivity contribution in [3.05, 3.63) is 18.6 Å². The van der Waals surface area contributed by atoms with Crippen LogP contribution in [0, 0.1) is 0 Å². The van der Waals surface area contributed by atoms with E-state index < -0.39 is 12.3 Å². The fourth-order valence-corrected chi connectivity index (χ4v) is 2.29. The largest absolute Gasteiger partial charge is 0.394 e. The van der Waals surface area contributed by atoms with E-state index >= 15 is 0 Å². The van der Waals surface area contributed by atoms with Gasteiger partial charge in [-0.3, -0.25) is 0 Å². The maximum absolute atomic E-state index is 9.96. The molecule has 0 aliphatic carbocycles. The molecule has 7 heteroatoms. The van der Waals surface area contributed by atoms with E-state index in [9.17, 15) is 5.11 Å². The molecule has 3 heterocycles. The van der Waals surface area contributed by atoms with Crippen LogP contribution < -0.4 is 5.73 Å². The summed E-state index contributed by atoms with van der Waals surface area (Å²) in [6.07, 6.45) is 1.97. The highest BCUT2D eigenvalue weighted by Crippen LogP contribution is 2.31. The molecule has 18 heavy (non-hydrogen) atoms. The van der Waals surface area contributed by atoms with E-state index in [-0.39, 0.29) is 12.7 Å². The number of aromatic nitrogens is 3. The van der Waals surface area contributed by atoms with E-state index in [1.165, 1.54) is 6.33 Å². The first-order valence-corrected chi connectivity index (χ1v) is 5.72. The van der Waals surface area contributed by atoms with Gasteiger partial charge in [-0.25, -0.2) is 9.97 Å². The quantitative estimate of drug-likeness (QED) is 0.673.